The van der Waals surface area contributed by atoms with E-state index in [0.717, 1.165) is 23.4 Å². The van der Waals surface area contributed by atoms with Gasteiger partial charge in [-0.1, -0.05) is 23.2 Å². The third kappa shape index (κ3) is 3.95. The summed E-state index contributed by atoms with van der Waals surface area (Å²) in [4.78, 5) is 10.7. The summed E-state index contributed by atoms with van der Waals surface area (Å²) in [6.07, 6.45) is 3.34. The molecule has 2 heterocycles. The second-order valence-corrected chi connectivity index (χ2v) is 7.18. The van der Waals surface area contributed by atoms with Crippen molar-refractivity contribution in [2.75, 3.05) is 26.8 Å². The van der Waals surface area contributed by atoms with E-state index in [4.69, 9.17) is 32.7 Å². The minimum absolute atomic E-state index is 0.440. The van der Waals surface area contributed by atoms with Crippen molar-refractivity contribution in [3.63, 3.8) is 0 Å². The number of aromatic nitrogens is 1. The van der Waals surface area contributed by atoms with Gasteiger partial charge in [-0.05, 0) is 37.6 Å². The number of pyridine rings is 1. The Morgan fingerprint density at radius 2 is 2.12 bits per heavy atom. The SMILES string of the molecule is CCN(C)C=Nc1cc(C)c(C2(Oc3ccc(Cl)cn3)COC2)cc1Cl. The predicted molar refractivity (Wildman–Crippen MR) is 105 cm³/mol. The summed E-state index contributed by atoms with van der Waals surface area (Å²) in [5.74, 6) is 0.500. The topological polar surface area (TPSA) is 47.0 Å². The zero-order valence-corrected chi connectivity index (χ0v) is 16.5. The van der Waals surface area contributed by atoms with Crippen molar-refractivity contribution >= 4 is 35.2 Å². The third-order valence-corrected chi connectivity index (χ3v) is 4.87. The number of rotatable bonds is 6. The van der Waals surface area contributed by atoms with Crippen molar-refractivity contribution in [1.29, 1.82) is 0 Å². The van der Waals surface area contributed by atoms with E-state index in [-0.39, 0.29) is 0 Å². The average Bonchev–Trinajstić information content (AvgIpc) is 2.60. The summed E-state index contributed by atoms with van der Waals surface area (Å²) >= 11 is 12.4. The standard InChI is InChI=1S/C19H21Cl2N3O2/c1-4-24(3)12-23-17-7-13(2)15(8-16(17)21)19(10-25-11-19)26-18-6-5-14(20)9-22-18/h5-9,12H,4,10-11H2,1-3H3. The molecule has 0 unspecified atom stereocenters. The van der Waals surface area contributed by atoms with Crippen molar-refractivity contribution in [2.45, 2.75) is 19.4 Å². The second-order valence-electron chi connectivity index (χ2n) is 6.34. The molecule has 5 nitrogen and oxygen atoms in total. The Morgan fingerprint density at radius 3 is 2.69 bits per heavy atom. The van der Waals surface area contributed by atoms with Crippen molar-refractivity contribution in [2.24, 2.45) is 4.99 Å². The smallest absolute Gasteiger partial charge is 0.214 e. The number of nitrogens with zero attached hydrogens (tertiary/aromatic N) is 3. The lowest BCUT2D eigenvalue weighted by Crippen LogP contribution is -2.52. The molecule has 0 radical (unpaired) electrons. The second kappa shape index (κ2) is 7.82. The van der Waals surface area contributed by atoms with Crippen LogP contribution in [0.2, 0.25) is 10.0 Å². The van der Waals surface area contributed by atoms with Crippen LogP contribution in [-0.2, 0) is 10.3 Å². The van der Waals surface area contributed by atoms with E-state index >= 15 is 0 Å². The van der Waals surface area contributed by atoms with E-state index in [1.807, 2.05) is 31.0 Å². The van der Waals surface area contributed by atoms with E-state index in [2.05, 4.69) is 16.9 Å². The number of aliphatic imine (C=N–C) groups is 1. The number of hydrogen-bond acceptors (Lipinski definition) is 4. The molecule has 0 amide bonds. The van der Waals surface area contributed by atoms with Crippen LogP contribution in [0.15, 0.2) is 35.5 Å². The molecule has 0 N–H and O–H groups in total. The highest BCUT2D eigenvalue weighted by atomic mass is 35.5. The Bertz CT molecular complexity index is 805. The van der Waals surface area contributed by atoms with Gasteiger partial charge >= 0.3 is 0 Å². The molecule has 1 aromatic carbocycles. The van der Waals surface area contributed by atoms with Gasteiger partial charge in [-0.3, -0.25) is 0 Å². The van der Waals surface area contributed by atoms with Gasteiger partial charge in [0, 0.05) is 31.4 Å². The van der Waals surface area contributed by atoms with Crippen molar-refractivity contribution < 1.29 is 9.47 Å². The average molecular weight is 394 g/mol. The molecule has 1 fully saturated rings. The number of aryl methyl sites for hydroxylation is 1. The van der Waals surface area contributed by atoms with Crippen molar-refractivity contribution in [3.05, 3.63) is 51.6 Å². The highest BCUT2D eigenvalue weighted by Gasteiger charge is 2.44. The Kier molecular flexibility index (Phi) is 5.70. The Morgan fingerprint density at radius 1 is 1.35 bits per heavy atom. The van der Waals surface area contributed by atoms with Crippen LogP contribution in [0.5, 0.6) is 5.88 Å². The molecular formula is C19H21Cl2N3O2. The van der Waals surface area contributed by atoms with E-state index in [1.54, 1.807) is 24.7 Å². The largest absolute Gasteiger partial charge is 0.461 e. The zero-order valence-electron chi connectivity index (χ0n) is 15.0. The van der Waals surface area contributed by atoms with Crippen LogP contribution in [0, 0.1) is 6.92 Å². The van der Waals surface area contributed by atoms with Gasteiger partial charge in [0.05, 0.1) is 35.3 Å². The Balaban J connectivity index is 1.90. The molecular weight excluding hydrogens is 373 g/mol. The lowest BCUT2D eigenvalue weighted by atomic mass is 9.88. The molecule has 0 saturated carbocycles. The number of ether oxygens (including phenoxy) is 2. The quantitative estimate of drug-likeness (QED) is 0.530. The Labute approximate surface area is 163 Å². The van der Waals surface area contributed by atoms with E-state index in [0.29, 0.717) is 29.1 Å². The number of halogens is 2. The molecule has 2 aromatic rings. The minimum Gasteiger partial charge on any atom is -0.461 e. The van der Waals surface area contributed by atoms with Crippen LogP contribution < -0.4 is 4.74 Å². The fourth-order valence-corrected chi connectivity index (χ4v) is 3.00. The van der Waals surface area contributed by atoms with Gasteiger partial charge in [0.1, 0.15) is 0 Å². The van der Waals surface area contributed by atoms with Gasteiger partial charge in [0.25, 0.3) is 0 Å². The van der Waals surface area contributed by atoms with Crippen molar-refractivity contribution in [3.8, 4) is 5.88 Å². The fraction of sp³-hybridized carbons (Fsp3) is 0.368. The van der Waals surface area contributed by atoms with E-state index in [9.17, 15) is 0 Å². The fourth-order valence-electron chi connectivity index (χ4n) is 2.68. The molecule has 3 rings (SSSR count). The van der Waals surface area contributed by atoms with Gasteiger partial charge < -0.3 is 14.4 Å². The summed E-state index contributed by atoms with van der Waals surface area (Å²) in [6, 6.07) is 7.38. The normalized spacial score (nSPS) is 15.7. The van der Waals surface area contributed by atoms with Gasteiger partial charge in [-0.2, -0.15) is 0 Å². The lowest BCUT2D eigenvalue weighted by molar-refractivity contribution is -0.169. The van der Waals surface area contributed by atoms with Crippen LogP contribution >= 0.6 is 23.2 Å². The summed E-state index contributed by atoms with van der Waals surface area (Å²) in [5, 5.41) is 1.14. The maximum absolute atomic E-state index is 6.48. The Hall–Kier alpha value is -1.82. The highest BCUT2D eigenvalue weighted by molar-refractivity contribution is 6.33. The first kappa shape index (κ1) is 19.0. The first-order valence-corrected chi connectivity index (χ1v) is 9.12. The third-order valence-electron chi connectivity index (χ3n) is 4.35. The van der Waals surface area contributed by atoms with Crippen molar-refractivity contribution in [1.82, 2.24) is 9.88 Å². The van der Waals surface area contributed by atoms with E-state index in [1.165, 1.54) is 0 Å². The van der Waals surface area contributed by atoms with E-state index < -0.39 is 5.60 Å². The van der Waals surface area contributed by atoms with Crippen LogP contribution in [0.4, 0.5) is 5.69 Å². The van der Waals surface area contributed by atoms with Crippen LogP contribution in [0.1, 0.15) is 18.1 Å². The maximum atomic E-state index is 6.48. The molecule has 138 valence electrons. The van der Waals surface area contributed by atoms with Gasteiger partial charge in [0.15, 0.2) is 5.60 Å². The van der Waals surface area contributed by atoms with Gasteiger partial charge in [-0.25, -0.2) is 9.98 Å². The maximum Gasteiger partial charge on any atom is 0.214 e. The summed E-state index contributed by atoms with van der Waals surface area (Å²) in [5.41, 5.74) is 2.15. The number of benzene rings is 1. The van der Waals surface area contributed by atoms with Crippen LogP contribution in [0.25, 0.3) is 0 Å². The van der Waals surface area contributed by atoms with Crippen LogP contribution in [0.3, 0.4) is 0 Å². The van der Waals surface area contributed by atoms with Gasteiger partial charge in [-0.15, -0.1) is 0 Å². The monoisotopic (exact) mass is 393 g/mol. The molecule has 1 aromatic heterocycles. The number of hydrogen-bond donors (Lipinski definition) is 0. The minimum atomic E-state index is -0.600. The first-order valence-electron chi connectivity index (χ1n) is 8.37. The summed E-state index contributed by atoms with van der Waals surface area (Å²) < 4.78 is 11.6. The van der Waals surface area contributed by atoms with Crippen LogP contribution in [-0.4, -0.2) is 43.0 Å². The summed E-state index contributed by atoms with van der Waals surface area (Å²) in [6.45, 7) is 5.84. The molecule has 0 atom stereocenters. The lowest BCUT2D eigenvalue weighted by Gasteiger charge is -2.42. The first-order chi connectivity index (χ1) is 12.4. The highest BCUT2D eigenvalue weighted by Crippen LogP contribution is 2.40. The molecule has 1 aliphatic rings. The summed E-state index contributed by atoms with van der Waals surface area (Å²) in [7, 11) is 1.96. The zero-order chi connectivity index (χ0) is 18.7. The van der Waals surface area contributed by atoms with Gasteiger partial charge in [0.2, 0.25) is 5.88 Å². The molecule has 0 spiro atoms. The predicted octanol–water partition coefficient (Wildman–Crippen LogP) is 4.61. The molecule has 1 saturated heterocycles. The molecule has 0 aliphatic carbocycles. The molecule has 0 bridgehead atoms. The molecule has 1 aliphatic heterocycles. The molecule has 26 heavy (non-hydrogen) atoms. The molecule has 7 heteroatoms.